The number of fused-ring (bicyclic) bond motifs is 14. The normalized spacial score (nSPS) is 13.6. The van der Waals surface area contributed by atoms with E-state index in [1.165, 1.54) is 71.3 Å². The van der Waals surface area contributed by atoms with E-state index in [1.54, 1.807) is 0 Å². The van der Waals surface area contributed by atoms with Gasteiger partial charge in [-0.2, -0.15) is 0 Å². The minimum absolute atomic E-state index is 0.0294. The van der Waals surface area contributed by atoms with Crippen molar-refractivity contribution in [3.05, 3.63) is 169 Å². The lowest BCUT2D eigenvalue weighted by molar-refractivity contribution is 0.660. The maximum Gasteiger partial charge on any atom is 0.136 e. The van der Waals surface area contributed by atoms with E-state index in [1.807, 2.05) is 12.1 Å². The second-order valence-electron chi connectivity index (χ2n) is 15.2. The van der Waals surface area contributed by atoms with Gasteiger partial charge in [-0.15, -0.1) is 0 Å². The molecule has 0 atom stereocenters. The third kappa shape index (κ3) is 3.82. The first-order valence-corrected chi connectivity index (χ1v) is 18.4. The van der Waals surface area contributed by atoms with E-state index in [9.17, 15) is 0 Å². The molecule has 0 spiro atoms. The van der Waals surface area contributed by atoms with Gasteiger partial charge in [-0.05, 0) is 108 Å². The number of hydrogen-bond donors (Lipinski definition) is 0. The molecule has 0 amide bonds. The van der Waals surface area contributed by atoms with Crippen LogP contribution in [-0.4, -0.2) is 0 Å². The van der Waals surface area contributed by atoms with E-state index in [0.29, 0.717) is 0 Å². The van der Waals surface area contributed by atoms with Gasteiger partial charge in [0.05, 0.1) is 0 Å². The van der Waals surface area contributed by atoms with Crippen LogP contribution in [0.3, 0.4) is 0 Å². The van der Waals surface area contributed by atoms with Crippen molar-refractivity contribution in [2.75, 3.05) is 0 Å². The zero-order valence-corrected chi connectivity index (χ0v) is 29.3. The van der Waals surface area contributed by atoms with Crippen molar-refractivity contribution in [1.29, 1.82) is 0 Å². The highest BCUT2D eigenvalue weighted by Gasteiger charge is 2.35. The van der Waals surface area contributed by atoms with E-state index in [2.05, 4.69) is 159 Å². The van der Waals surface area contributed by atoms with Gasteiger partial charge in [0.25, 0.3) is 0 Å². The monoisotopic (exact) mass is 676 g/mol. The van der Waals surface area contributed by atoms with Crippen LogP contribution in [0.25, 0.3) is 110 Å². The Kier molecular flexibility index (Phi) is 5.60. The van der Waals surface area contributed by atoms with Crippen LogP contribution in [0.5, 0.6) is 0 Å². The standard InChI is InChI=1S/C51H32O2/c1-51(2)40-17-9-7-11-32(40)39-27-30(20-24-41(39)51)46-33-12-3-5-14-35(33)47(36-15-6-4-13-34(36)46)31-19-23-38-45(28-31)53-44-26-22-29-21-25-43-49(48(29)50(38)44)37-16-8-10-18-42(37)52-43/h3-28H,1-2H3. The van der Waals surface area contributed by atoms with Crippen molar-refractivity contribution < 1.29 is 8.83 Å². The molecule has 0 fully saturated rings. The molecule has 1 aliphatic carbocycles. The van der Waals surface area contributed by atoms with Gasteiger partial charge in [0.15, 0.2) is 0 Å². The van der Waals surface area contributed by atoms with Crippen molar-refractivity contribution in [2.24, 2.45) is 0 Å². The Morgan fingerprint density at radius 2 is 0.868 bits per heavy atom. The van der Waals surface area contributed by atoms with E-state index in [4.69, 9.17) is 8.83 Å². The van der Waals surface area contributed by atoms with Gasteiger partial charge < -0.3 is 8.83 Å². The van der Waals surface area contributed by atoms with Crippen LogP contribution in [0.1, 0.15) is 25.0 Å². The summed E-state index contributed by atoms with van der Waals surface area (Å²) < 4.78 is 13.0. The molecule has 12 rings (SSSR count). The molecule has 2 heteroatoms. The SMILES string of the molecule is CC1(C)c2ccccc2-c2cc(-c3c4ccccc4c(-c4ccc5c(c4)oc4ccc6ccc7oc8ccccc8c7c6c45)c4ccccc34)ccc21. The summed E-state index contributed by atoms with van der Waals surface area (Å²) in [5.74, 6) is 0. The molecule has 0 radical (unpaired) electrons. The molecule has 0 aliphatic heterocycles. The average Bonchev–Trinajstić information content (AvgIpc) is 3.84. The first-order chi connectivity index (χ1) is 26.0. The van der Waals surface area contributed by atoms with Gasteiger partial charge in [0, 0.05) is 32.3 Å². The predicted molar refractivity (Wildman–Crippen MR) is 222 cm³/mol. The van der Waals surface area contributed by atoms with Gasteiger partial charge in [0.1, 0.15) is 22.3 Å². The maximum absolute atomic E-state index is 6.73. The molecular weight excluding hydrogens is 645 g/mol. The van der Waals surface area contributed by atoms with Crippen molar-refractivity contribution in [2.45, 2.75) is 19.3 Å². The molecule has 11 aromatic rings. The summed E-state index contributed by atoms with van der Waals surface area (Å²) in [6, 6.07) is 57.5. The number of hydrogen-bond acceptors (Lipinski definition) is 2. The van der Waals surface area contributed by atoms with E-state index >= 15 is 0 Å². The highest BCUT2D eigenvalue weighted by Crippen LogP contribution is 2.51. The van der Waals surface area contributed by atoms with E-state index < -0.39 is 0 Å². The quantitative estimate of drug-likeness (QED) is 0.170. The molecule has 2 aromatic heterocycles. The van der Waals surface area contributed by atoms with Crippen LogP contribution in [0.15, 0.2) is 167 Å². The Bertz CT molecular complexity index is 3310. The number of para-hydroxylation sites is 1. The fourth-order valence-electron chi connectivity index (χ4n) is 9.68. The molecule has 0 saturated heterocycles. The zero-order chi connectivity index (χ0) is 35.0. The van der Waals surface area contributed by atoms with Crippen LogP contribution < -0.4 is 0 Å². The molecule has 0 saturated carbocycles. The predicted octanol–water partition coefficient (Wildman–Crippen LogP) is 14.6. The van der Waals surface area contributed by atoms with Gasteiger partial charge in [0.2, 0.25) is 0 Å². The topological polar surface area (TPSA) is 26.3 Å². The van der Waals surface area contributed by atoms with Crippen molar-refractivity contribution in [1.82, 2.24) is 0 Å². The van der Waals surface area contributed by atoms with Gasteiger partial charge in [-0.25, -0.2) is 0 Å². The highest BCUT2D eigenvalue weighted by atomic mass is 16.3. The van der Waals surface area contributed by atoms with E-state index in [-0.39, 0.29) is 5.41 Å². The van der Waals surface area contributed by atoms with Crippen molar-refractivity contribution in [3.8, 4) is 33.4 Å². The Morgan fingerprint density at radius 3 is 1.55 bits per heavy atom. The summed E-state index contributed by atoms with van der Waals surface area (Å²) in [6.45, 7) is 4.69. The van der Waals surface area contributed by atoms with Crippen LogP contribution in [-0.2, 0) is 5.41 Å². The number of rotatable bonds is 2. The second kappa shape index (κ2) is 10.2. The number of benzene rings is 9. The molecule has 2 nitrogen and oxygen atoms in total. The third-order valence-electron chi connectivity index (χ3n) is 12.0. The lowest BCUT2D eigenvalue weighted by Gasteiger charge is -2.22. The average molecular weight is 677 g/mol. The Morgan fingerprint density at radius 1 is 0.358 bits per heavy atom. The smallest absolute Gasteiger partial charge is 0.136 e. The maximum atomic E-state index is 6.73. The van der Waals surface area contributed by atoms with Crippen molar-refractivity contribution >= 4 is 76.2 Å². The Hall–Kier alpha value is -6.64. The molecule has 9 aromatic carbocycles. The van der Waals surface area contributed by atoms with E-state index in [0.717, 1.165) is 49.4 Å². The summed E-state index contributed by atoms with van der Waals surface area (Å²) in [6.07, 6.45) is 0. The van der Waals surface area contributed by atoms with Gasteiger partial charge in [-0.3, -0.25) is 0 Å². The molecule has 0 bridgehead atoms. The molecule has 248 valence electrons. The van der Waals surface area contributed by atoms with Crippen molar-refractivity contribution in [3.63, 3.8) is 0 Å². The van der Waals surface area contributed by atoms with Crippen LogP contribution >= 0.6 is 0 Å². The first kappa shape index (κ1) is 29.0. The molecule has 0 N–H and O–H groups in total. The van der Waals surface area contributed by atoms with Gasteiger partial charge >= 0.3 is 0 Å². The van der Waals surface area contributed by atoms with Crippen LogP contribution in [0, 0.1) is 0 Å². The lowest BCUT2D eigenvalue weighted by Crippen LogP contribution is -2.14. The summed E-state index contributed by atoms with van der Waals surface area (Å²) >= 11 is 0. The second-order valence-corrected chi connectivity index (χ2v) is 15.2. The Balaban J connectivity index is 1.11. The molecule has 1 aliphatic rings. The molecule has 2 heterocycles. The van der Waals surface area contributed by atoms with Crippen LogP contribution in [0.4, 0.5) is 0 Å². The lowest BCUT2D eigenvalue weighted by atomic mass is 9.81. The zero-order valence-electron chi connectivity index (χ0n) is 29.3. The largest absolute Gasteiger partial charge is 0.456 e. The summed E-state index contributed by atoms with van der Waals surface area (Å²) in [4.78, 5) is 0. The molecular formula is C51H32O2. The summed E-state index contributed by atoms with van der Waals surface area (Å²) in [7, 11) is 0. The molecule has 53 heavy (non-hydrogen) atoms. The first-order valence-electron chi connectivity index (χ1n) is 18.4. The Labute approximate surface area is 305 Å². The molecule has 0 unspecified atom stereocenters. The van der Waals surface area contributed by atoms with Crippen LogP contribution in [0.2, 0.25) is 0 Å². The fraction of sp³-hybridized carbons (Fsp3) is 0.0588. The summed E-state index contributed by atoms with van der Waals surface area (Å²) in [5.41, 5.74) is 13.9. The minimum atomic E-state index is -0.0294. The highest BCUT2D eigenvalue weighted by molar-refractivity contribution is 6.31. The summed E-state index contributed by atoms with van der Waals surface area (Å²) in [5, 5.41) is 11.8. The fourth-order valence-corrected chi connectivity index (χ4v) is 9.68. The minimum Gasteiger partial charge on any atom is -0.456 e. The van der Waals surface area contributed by atoms with Gasteiger partial charge in [-0.1, -0.05) is 135 Å². The number of furan rings is 2. The third-order valence-corrected chi connectivity index (χ3v) is 12.0.